The number of carbonyl (C=O) groups excluding carboxylic acids is 3. The summed E-state index contributed by atoms with van der Waals surface area (Å²) >= 11 is 0.848. The monoisotopic (exact) mass is 418 g/mol. The van der Waals surface area contributed by atoms with Gasteiger partial charge < -0.3 is 14.4 Å². The fourth-order valence-corrected chi connectivity index (χ4v) is 4.16. The van der Waals surface area contributed by atoms with Crippen LogP contribution in [0.4, 0.5) is 4.79 Å². The predicted molar refractivity (Wildman–Crippen MR) is 112 cm³/mol. The molecule has 0 spiro atoms. The smallest absolute Gasteiger partial charge is 0.294 e. The Bertz CT molecular complexity index is 817. The molecule has 2 fully saturated rings. The maximum atomic E-state index is 12.8. The van der Waals surface area contributed by atoms with E-state index in [0.29, 0.717) is 43.4 Å². The Labute approximate surface area is 175 Å². The Hall–Kier alpha value is -2.48. The minimum absolute atomic E-state index is 0.177. The van der Waals surface area contributed by atoms with Gasteiger partial charge in [-0.1, -0.05) is 0 Å². The van der Waals surface area contributed by atoms with Crippen LogP contribution >= 0.6 is 11.8 Å². The summed E-state index contributed by atoms with van der Waals surface area (Å²) in [6, 6.07) is 5.35. The van der Waals surface area contributed by atoms with Gasteiger partial charge in [0.1, 0.15) is 18.0 Å². The molecule has 0 aromatic heterocycles. The number of thioether (sulfide) groups is 1. The zero-order valence-electron chi connectivity index (χ0n) is 16.8. The molecule has 0 N–H and O–H groups in total. The molecule has 0 atom stereocenters. The van der Waals surface area contributed by atoms with Gasteiger partial charge in [0.25, 0.3) is 11.1 Å². The molecular weight excluding hydrogens is 392 g/mol. The lowest BCUT2D eigenvalue weighted by atomic mass is 10.1. The van der Waals surface area contributed by atoms with Crippen molar-refractivity contribution in [1.82, 2.24) is 9.80 Å². The lowest BCUT2D eigenvalue weighted by Gasteiger charge is -2.27. The first-order valence-electron chi connectivity index (χ1n) is 9.96. The molecule has 2 aliphatic rings. The first-order chi connectivity index (χ1) is 14.0. The van der Waals surface area contributed by atoms with E-state index in [1.54, 1.807) is 29.2 Å². The molecule has 8 heteroatoms. The molecule has 7 nitrogen and oxygen atoms in total. The van der Waals surface area contributed by atoms with Gasteiger partial charge in [0.05, 0.1) is 18.1 Å². The van der Waals surface area contributed by atoms with Gasteiger partial charge in [0.15, 0.2) is 0 Å². The number of ether oxygens (including phenoxy) is 2. The topological polar surface area (TPSA) is 76.2 Å². The Morgan fingerprint density at radius 1 is 1.10 bits per heavy atom. The minimum Gasteiger partial charge on any atom is -0.494 e. The molecule has 3 rings (SSSR count). The molecule has 3 amide bonds. The lowest BCUT2D eigenvalue weighted by Crippen LogP contribution is -2.44. The first kappa shape index (κ1) is 21.2. The van der Waals surface area contributed by atoms with E-state index >= 15 is 0 Å². The van der Waals surface area contributed by atoms with E-state index in [9.17, 15) is 14.4 Å². The van der Waals surface area contributed by atoms with Gasteiger partial charge in [-0.05, 0) is 63.1 Å². The van der Waals surface area contributed by atoms with Crippen molar-refractivity contribution in [2.45, 2.75) is 33.1 Å². The average Bonchev–Trinajstić information content (AvgIpc) is 2.98. The van der Waals surface area contributed by atoms with Gasteiger partial charge in [-0.2, -0.15) is 0 Å². The van der Waals surface area contributed by atoms with E-state index in [1.807, 2.05) is 13.8 Å². The van der Waals surface area contributed by atoms with Crippen LogP contribution in [0.3, 0.4) is 0 Å². The van der Waals surface area contributed by atoms with E-state index in [1.165, 1.54) is 0 Å². The number of hydrogen-bond acceptors (Lipinski definition) is 6. The summed E-state index contributed by atoms with van der Waals surface area (Å²) < 4.78 is 11.2. The molecule has 0 bridgehead atoms. The SMILES string of the molecule is CCOc1ccc(/C=C2/SC(=O)N(CC(=O)N3CCCCC3)C2=O)c(OCC)c1. The van der Waals surface area contributed by atoms with Crippen LogP contribution in [0.15, 0.2) is 23.1 Å². The third-order valence-electron chi connectivity index (χ3n) is 4.76. The second-order valence-electron chi connectivity index (χ2n) is 6.77. The Kier molecular flexibility index (Phi) is 7.19. The van der Waals surface area contributed by atoms with Crippen LogP contribution in [0.25, 0.3) is 6.08 Å². The van der Waals surface area contributed by atoms with Crippen LogP contribution in [-0.2, 0) is 9.59 Å². The van der Waals surface area contributed by atoms with Crippen molar-refractivity contribution in [3.05, 3.63) is 28.7 Å². The van der Waals surface area contributed by atoms with Crippen molar-refractivity contribution >= 4 is 34.9 Å². The average molecular weight is 419 g/mol. The quantitative estimate of drug-likeness (QED) is 0.631. The highest BCUT2D eigenvalue weighted by molar-refractivity contribution is 8.18. The molecule has 2 saturated heterocycles. The van der Waals surface area contributed by atoms with Crippen molar-refractivity contribution < 1.29 is 23.9 Å². The number of benzene rings is 1. The highest BCUT2D eigenvalue weighted by atomic mass is 32.2. The van der Waals surface area contributed by atoms with Crippen LogP contribution in [-0.4, -0.2) is 59.7 Å². The number of amides is 3. The number of hydrogen-bond donors (Lipinski definition) is 0. The number of likely N-dealkylation sites (tertiary alicyclic amines) is 1. The summed E-state index contributed by atoms with van der Waals surface area (Å²) in [6.07, 6.45) is 4.67. The Balaban J connectivity index is 1.76. The molecule has 1 aromatic rings. The maximum absolute atomic E-state index is 12.8. The Morgan fingerprint density at radius 2 is 1.83 bits per heavy atom. The zero-order valence-corrected chi connectivity index (χ0v) is 17.6. The van der Waals surface area contributed by atoms with Crippen LogP contribution in [0, 0.1) is 0 Å². The largest absolute Gasteiger partial charge is 0.494 e. The molecule has 0 radical (unpaired) electrons. The molecule has 2 heterocycles. The summed E-state index contributed by atoms with van der Waals surface area (Å²) in [5.41, 5.74) is 0.683. The molecule has 0 saturated carbocycles. The third kappa shape index (κ3) is 5.12. The standard InChI is InChI=1S/C21H26N2O5S/c1-3-27-16-9-8-15(17(13-16)28-4-2)12-18-20(25)23(21(26)29-18)14-19(24)22-10-6-5-7-11-22/h8-9,12-13H,3-7,10-11,14H2,1-2H3/b18-12+. The van der Waals surface area contributed by atoms with Crippen molar-refractivity contribution in [2.24, 2.45) is 0 Å². The fraction of sp³-hybridized carbons (Fsp3) is 0.476. The second-order valence-corrected chi connectivity index (χ2v) is 7.77. The van der Waals surface area contributed by atoms with Crippen molar-refractivity contribution in [1.29, 1.82) is 0 Å². The van der Waals surface area contributed by atoms with E-state index in [0.717, 1.165) is 35.9 Å². The molecule has 29 heavy (non-hydrogen) atoms. The number of rotatable bonds is 7. The highest BCUT2D eigenvalue weighted by Gasteiger charge is 2.37. The van der Waals surface area contributed by atoms with Crippen molar-refractivity contribution in [2.75, 3.05) is 32.8 Å². The molecule has 1 aromatic carbocycles. The van der Waals surface area contributed by atoms with Gasteiger partial charge in [0.2, 0.25) is 5.91 Å². The summed E-state index contributed by atoms with van der Waals surface area (Å²) in [5, 5.41) is -0.421. The third-order valence-corrected chi connectivity index (χ3v) is 5.67. The van der Waals surface area contributed by atoms with E-state index in [4.69, 9.17) is 9.47 Å². The van der Waals surface area contributed by atoms with Crippen LogP contribution in [0.5, 0.6) is 11.5 Å². The van der Waals surface area contributed by atoms with Crippen LogP contribution < -0.4 is 9.47 Å². The van der Waals surface area contributed by atoms with Gasteiger partial charge in [0, 0.05) is 24.7 Å². The molecular formula is C21H26N2O5S. The number of imide groups is 1. The normalized spacial score (nSPS) is 18.5. The van der Waals surface area contributed by atoms with Gasteiger partial charge in [-0.25, -0.2) is 0 Å². The summed E-state index contributed by atoms with van der Waals surface area (Å²) in [4.78, 5) is 40.6. The summed E-state index contributed by atoms with van der Waals surface area (Å²) in [5.74, 6) is 0.633. The van der Waals surface area contributed by atoms with Crippen LogP contribution in [0.1, 0.15) is 38.7 Å². The number of nitrogens with zero attached hydrogens (tertiary/aromatic N) is 2. The van der Waals surface area contributed by atoms with Crippen molar-refractivity contribution in [3.63, 3.8) is 0 Å². The maximum Gasteiger partial charge on any atom is 0.294 e. The van der Waals surface area contributed by atoms with E-state index < -0.39 is 11.1 Å². The fourth-order valence-electron chi connectivity index (χ4n) is 3.33. The summed E-state index contributed by atoms with van der Waals surface area (Å²) in [6.45, 7) is 5.94. The summed E-state index contributed by atoms with van der Waals surface area (Å²) in [7, 11) is 0. The predicted octanol–water partition coefficient (Wildman–Crippen LogP) is 3.53. The Morgan fingerprint density at radius 3 is 2.52 bits per heavy atom. The van der Waals surface area contributed by atoms with Crippen LogP contribution in [0.2, 0.25) is 0 Å². The lowest BCUT2D eigenvalue weighted by molar-refractivity contribution is -0.136. The number of carbonyl (C=O) groups is 3. The van der Waals surface area contributed by atoms with E-state index in [2.05, 4.69) is 0 Å². The van der Waals surface area contributed by atoms with Gasteiger partial charge in [-0.3, -0.25) is 19.3 Å². The number of piperidine rings is 1. The molecule has 156 valence electrons. The van der Waals surface area contributed by atoms with Crippen molar-refractivity contribution in [3.8, 4) is 11.5 Å². The zero-order chi connectivity index (χ0) is 20.8. The second kappa shape index (κ2) is 9.82. The molecule has 2 aliphatic heterocycles. The molecule has 0 unspecified atom stereocenters. The highest BCUT2D eigenvalue weighted by Crippen LogP contribution is 2.35. The van der Waals surface area contributed by atoms with Gasteiger partial charge in [-0.15, -0.1) is 0 Å². The van der Waals surface area contributed by atoms with E-state index in [-0.39, 0.29) is 17.4 Å². The van der Waals surface area contributed by atoms with Gasteiger partial charge >= 0.3 is 0 Å². The first-order valence-corrected chi connectivity index (χ1v) is 10.8. The molecule has 0 aliphatic carbocycles. The minimum atomic E-state index is -0.443.